The Morgan fingerprint density at radius 1 is 0.914 bits per heavy atom. The predicted molar refractivity (Wildman–Crippen MR) is 145 cm³/mol. The van der Waals surface area contributed by atoms with Crippen LogP contribution in [0.5, 0.6) is 0 Å². The molecule has 1 saturated carbocycles. The molecule has 2 aliphatic carbocycles. The average Bonchev–Trinajstić information content (AvgIpc) is 3.22. The van der Waals surface area contributed by atoms with Crippen molar-refractivity contribution in [2.75, 3.05) is 0 Å². The van der Waals surface area contributed by atoms with Crippen molar-refractivity contribution in [3.8, 4) is 0 Å². The smallest absolute Gasteiger partial charge is 0.216 e. The molecule has 0 saturated heterocycles. The maximum atomic E-state index is 5.37. The topological polar surface area (TPSA) is 21.2 Å². The Kier molecular flexibility index (Phi) is 3.70. The standard InChI is InChI=1S/C30H34N3.C2H6/c1-26(2,3)25-31-20-10-8-9-17-23(20)24-32(25)21-13-18-19-14-22(21)33(24)30(16-29(17,30)7)12-11-28(19,6)15-27(18,4)5;1-2/h8-10,13-14H,11-12,15-16H2,1-7H3;1-2H3/q+1;. The summed E-state index contributed by atoms with van der Waals surface area (Å²) in [5, 5.41) is 1.39. The second kappa shape index (κ2) is 5.93. The highest BCUT2D eigenvalue weighted by Gasteiger charge is 2.74. The van der Waals surface area contributed by atoms with E-state index in [9.17, 15) is 0 Å². The molecule has 8 rings (SSSR count). The van der Waals surface area contributed by atoms with Crippen LogP contribution in [0.1, 0.15) is 111 Å². The molecular weight excluding hydrogens is 426 g/mol. The van der Waals surface area contributed by atoms with E-state index in [0.717, 1.165) is 5.52 Å². The van der Waals surface area contributed by atoms with Gasteiger partial charge in [0.15, 0.2) is 11.0 Å². The first-order chi connectivity index (χ1) is 16.4. The van der Waals surface area contributed by atoms with Crippen molar-refractivity contribution in [2.24, 2.45) is 0 Å². The number of rotatable bonds is 0. The summed E-state index contributed by atoms with van der Waals surface area (Å²) in [7, 11) is 0. The maximum absolute atomic E-state index is 5.37. The van der Waals surface area contributed by atoms with Crippen LogP contribution in [0.2, 0.25) is 0 Å². The Balaban J connectivity index is 0.00000103. The lowest BCUT2D eigenvalue weighted by Crippen LogP contribution is -2.54. The van der Waals surface area contributed by atoms with Gasteiger partial charge in [0.1, 0.15) is 5.54 Å². The highest BCUT2D eigenvalue weighted by Crippen LogP contribution is 2.68. The van der Waals surface area contributed by atoms with Crippen LogP contribution in [-0.2, 0) is 27.2 Å². The van der Waals surface area contributed by atoms with Crippen molar-refractivity contribution in [1.29, 1.82) is 0 Å². The van der Waals surface area contributed by atoms with Gasteiger partial charge in [-0.05, 0) is 65.0 Å². The normalized spacial score (nSPS) is 31.1. The van der Waals surface area contributed by atoms with Gasteiger partial charge in [0.05, 0.1) is 10.9 Å². The molecule has 0 N–H and O–H groups in total. The molecule has 2 aliphatic heterocycles. The fourth-order valence-corrected chi connectivity index (χ4v) is 8.75. The number of hydrogen-bond donors (Lipinski definition) is 0. The molecule has 0 amide bonds. The third kappa shape index (κ3) is 2.22. The first-order valence-corrected chi connectivity index (χ1v) is 13.8. The first kappa shape index (κ1) is 21.8. The summed E-state index contributed by atoms with van der Waals surface area (Å²) in [5.74, 6) is 1.18. The van der Waals surface area contributed by atoms with E-state index >= 15 is 0 Å². The first-order valence-electron chi connectivity index (χ1n) is 13.8. The van der Waals surface area contributed by atoms with E-state index in [1.807, 2.05) is 13.8 Å². The third-order valence-corrected chi connectivity index (χ3v) is 10.3. The van der Waals surface area contributed by atoms with Crippen molar-refractivity contribution < 1.29 is 4.57 Å². The fourth-order valence-electron chi connectivity index (χ4n) is 8.75. The fraction of sp³-hybridized carbons (Fsp3) is 0.562. The second-order valence-electron chi connectivity index (χ2n) is 13.9. The van der Waals surface area contributed by atoms with Crippen LogP contribution < -0.4 is 4.57 Å². The second-order valence-corrected chi connectivity index (χ2v) is 13.9. The predicted octanol–water partition coefficient (Wildman–Crippen LogP) is 7.36. The monoisotopic (exact) mass is 466 g/mol. The summed E-state index contributed by atoms with van der Waals surface area (Å²) in [5.41, 5.74) is 10.9. The zero-order chi connectivity index (χ0) is 24.9. The van der Waals surface area contributed by atoms with Crippen LogP contribution in [0.4, 0.5) is 0 Å². The quantitative estimate of drug-likeness (QED) is 0.248. The number of aromatic nitrogens is 3. The molecule has 3 nitrogen and oxygen atoms in total. The number of imidazole rings is 1. The lowest BCUT2D eigenvalue weighted by Gasteiger charge is -2.33. The molecule has 3 unspecified atom stereocenters. The van der Waals surface area contributed by atoms with Gasteiger partial charge in [0.2, 0.25) is 5.82 Å². The summed E-state index contributed by atoms with van der Waals surface area (Å²) >= 11 is 0. The van der Waals surface area contributed by atoms with Gasteiger partial charge < -0.3 is 0 Å². The number of hydrogen-bond acceptors (Lipinski definition) is 1. The lowest BCUT2D eigenvalue weighted by atomic mass is 9.74. The summed E-state index contributed by atoms with van der Waals surface area (Å²) in [6.45, 7) is 20.9. The summed E-state index contributed by atoms with van der Waals surface area (Å²) < 4.78 is 5.37. The van der Waals surface area contributed by atoms with E-state index in [2.05, 4.69) is 87.8 Å². The van der Waals surface area contributed by atoms with E-state index in [4.69, 9.17) is 4.98 Å². The molecule has 1 fully saturated rings. The highest BCUT2D eigenvalue weighted by atomic mass is 15.3. The lowest BCUT2D eigenvalue weighted by molar-refractivity contribution is -0.698. The van der Waals surface area contributed by atoms with E-state index in [1.54, 1.807) is 11.1 Å². The molecule has 4 aromatic rings. The molecule has 2 bridgehead atoms. The van der Waals surface area contributed by atoms with Crippen LogP contribution in [0.3, 0.4) is 0 Å². The van der Waals surface area contributed by atoms with E-state index in [1.165, 1.54) is 59.1 Å². The van der Waals surface area contributed by atoms with E-state index in [-0.39, 0.29) is 27.2 Å². The summed E-state index contributed by atoms with van der Waals surface area (Å²) in [6.07, 6.45) is 5.04. The van der Waals surface area contributed by atoms with Gasteiger partial charge >= 0.3 is 0 Å². The third-order valence-electron chi connectivity index (χ3n) is 10.3. The van der Waals surface area contributed by atoms with E-state index < -0.39 is 0 Å². The molecule has 3 heteroatoms. The van der Waals surface area contributed by atoms with Gasteiger partial charge in [-0.1, -0.05) is 74.4 Å². The highest BCUT2D eigenvalue weighted by molar-refractivity contribution is 5.99. The largest absolute Gasteiger partial charge is 0.299 e. The Morgan fingerprint density at radius 3 is 2.37 bits per heavy atom. The number of benzene rings is 2. The Bertz CT molecular complexity index is 1610. The number of nitrogens with zero attached hydrogens (tertiary/aromatic N) is 3. The minimum atomic E-state index is -0.0470. The molecule has 3 atom stereocenters. The van der Waals surface area contributed by atoms with Crippen molar-refractivity contribution in [3.63, 3.8) is 0 Å². The molecular formula is C32H40N3+. The van der Waals surface area contributed by atoms with Crippen molar-refractivity contribution in [3.05, 3.63) is 52.8 Å². The molecule has 182 valence electrons. The molecule has 0 radical (unpaired) electrons. The molecule has 4 aliphatic rings. The summed E-state index contributed by atoms with van der Waals surface area (Å²) in [4.78, 5) is 5.37. The minimum Gasteiger partial charge on any atom is -0.216 e. The average molecular weight is 467 g/mol. The zero-order valence-electron chi connectivity index (χ0n) is 23.1. The van der Waals surface area contributed by atoms with Gasteiger partial charge in [-0.15, -0.1) is 0 Å². The molecule has 1 spiro atoms. The van der Waals surface area contributed by atoms with Crippen LogP contribution in [0.25, 0.3) is 27.6 Å². The van der Waals surface area contributed by atoms with Crippen molar-refractivity contribution in [1.82, 2.24) is 9.38 Å². The van der Waals surface area contributed by atoms with Crippen molar-refractivity contribution in [2.45, 2.75) is 115 Å². The van der Waals surface area contributed by atoms with Crippen LogP contribution in [0, 0.1) is 0 Å². The van der Waals surface area contributed by atoms with Crippen LogP contribution in [-0.4, -0.2) is 9.38 Å². The van der Waals surface area contributed by atoms with Gasteiger partial charge in [-0.3, -0.25) is 0 Å². The van der Waals surface area contributed by atoms with Gasteiger partial charge in [0.25, 0.3) is 5.65 Å². The summed E-state index contributed by atoms with van der Waals surface area (Å²) in [6, 6.07) is 12.1. The zero-order valence-corrected chi connectivity index (χ0v) is 23.1. The van der Waals surface area contributed by atoms with Crippen molar-refractivity contribution >= 4 is 27.6 Å². The molecule has 2 aromatic carbocycles. The molecule has 35 heavy (non-hydrogen) atoms. The Labute approximate surface area is 209 Å². The molecule has 2 aromatic heterocycles. The van der Waals surface area contributed by atoms with Gasteiger partial charge in [-0.2, -0.15) is 4.40 Å². The van der Waals surface area contributed by atoms with Crippen LogP contribution >= 0.6 is 0 Å². The van der Waals surface area contributed by atoms with E-state index in [0.29, 0.717) is 0 Å². The van der Waals surface area contributed by atoms with Gasteiger partial charge in [0, 0.05) is 17.3 Å². The van der Waals surface area contributed by atoms with Gasteiger partial charge in [-0.25, -0.2) is 9.55 Å². The van der Waals surface area contributed by atoms with Crippen LogP contribution in [0.15, 0.2) is 30.3 Å². The SMILES string of the molecule is CC.CC(C)(C)c1nc2cccc3c2c2n1c1cc4c5cc1[n+]2C1(CCC5(C)CC4(C)C)CC31C. The minimum absolute atomic E-state index is 0.0470. The maximum Gasteiger partial charge on any atom is 0.299 e. The number of fused-ring (bicyclic) bond motifs is 2. The molecule has 4 heterocycles. The Hall–Kier alpha value is -2.42. The Morgan fingerprint density at radius 2 is 1.66 bits per heavy atom.